The molecule has 1 aliphatic heterocycles. The number of nitrogens with two attached hydrogens (primary N) is 2. The van der Waals surface area contributed by atoms with Gasteiger partial charge in [0, 0.05) is 19.5 Å². The standard InChI is InChI=1S/C36H52N6O6/c1-24(2)21-30(33(44)39-29(15-9-10-18-37)35(46)42-19-16-27(17-20-42)36(47)48)41-34(45)31(23-26-13-7-4-8-14-26)40-32(43)28(38)22-25-11-5-3-6-12-25/h3-8,11-14,24,27-31H,9-10,15-23,37-38H2,1-2H3,(H,39,44)(H,40,43)(H,41,45)(H,47,48)/t28-,29-,30-,31-/m1/s1. The Bertz CT molecular complexity index is 1330. The predicted octanol–water partition coefficient (Wildman–Crippen LogP) is 1.75. The van der Waals surface area contributed by atoms with Crippen LogP contribution in [0.1, 0.15) is 63.5 Å². The molecule has 8 N–H and O–H groups in total. The van der Waals surface area contributed by atoms with Crippen LogP contribution >= 0.6 is 0 Å². The molecule has 1 saturated heterocycles. The van der Waals surface area contributed by atoms with Crippen molar-refractivity contribution in [2.45, 2.75) is 89.4 Å². The summed E-state index contributed by atoms with van der Waals surface area (Å²) >= 11 is 0. The molecule has 12 heteroatoms. The molecule has 4 atom stereocenters. The molecule has 0 saturated carbocycles. The number of likely N-dealkylation sites (tertiary alicyclic amines) is 1. The van der Waals surface area contributed by atoms with Gasteiger partial charge in [-0.1, -0.05) is 74.5 Å². The van der Waals surface area contributed by atoms with Crippen LogP contribution in [0, 0.1) is 11.8 Å². The summed E-state index contributed by atoms with van der Waals surface area (Å²) in [6.07, 6.45) is 3.09. The first-order valence-electron chi connectivity index (χ1n) is 16.9. The first kappa shape index (κ1) is 38.2. The van der Waals surface area contributed by atoms with E-state index in [1.54, 1.807) is 4.90 Å². The van der Waals surface area contributed by atoms with E-state index in [4.69, 9.17) is 11.5 Å². The van der Waals surface area contributed by atoms with Gasteiger partial charge in [0.05, 0.1) is 12.0 Å². The second-order valence-electron chi connectivity index (χ2n) is 13.0. The first-order valence-corrected chi connectivity index (χ1v) is 16.9. The highest BCUT2D eigenvalue weighted by molar-refractivity contribution is 5.95. The van der Waals surface area contributed by atoms with Crippen LogP contribution in [-0.2, 0) is 36.8 Å². The van der Waals surface area contributed by atoms with Crippen LogP contribution in [0.2, 0.25) is 0 Å². The second kappa shape index (κ2) is 19.5. The molecule has 0 radical (unpaired) electrons. The first-order chi connectivity index (χ1) is 23.0. The molecule has 0 aliphatic carbocycles. The summed E-state index contributed by atoms with van der Waals surface area (Å²) in [6, 6.07) is 14.9. The topological polar surface area (TPSA) is 197 Å². The molecule has 0 bridgehead atoms. The minimum atomic E-state index is -1.01. The number of carboxylic acids is 1. The third-order valence-electron chi connectivity index (χ3n) is 8.61. The molecule has 1 aliphatic rings. The Labute approximate surface area is 283 Å². The summed E-state index contributed by atoms with van der Waals surface area (Å²) in [5, 5.41) is 17.9. The maximum Gasteiger partial charge on any atom is 0.306 e. The highest BCUT2D eigenvalue weighted by atomic mass is 16.4. The highest BCUT2D eigenvalue weighted by Gasteiger charge is 2.34. The number of benzene rings is 2. The lowest BCUT2D eigenvalue weighted by atomic mass is 9.96. The number of carbonyl (C=O) groups excluding carboxylic acids is 4. The van der Waals surface area contributed by atoms with Crippen LogP contribution in [-0.4, -0.2) is 83.4 Å². The fourth-order valence-corrected chi connectivity index (χ4v) is 5.86. The monoisotopic (exact) mass is 664 g/mol. The number of carbonyl (C=O) groups is 5. The van der Waals surface area contributed by atoms with Crippen LogP contribution in [0.4, 0.5) is 0 Å². The largest absolute Gasteiger partial charge is 0.481 e. The Morgan fingerprint density at radius 3 is 1.83 bits per heavy atom. The Morgan fingerprint density at radius 2 is 1.29 bits per heavy atom. The summed E-state index contributed by atoms with van der Waals surface area (Å²) in [4.78, 5) is 67.5. The number of unbranched alkanes of at least 4 members (excludes halogenated alkanes) is 1. The average molecular weight is 665 g/mol. The lowest BCUT2D eigenvalue weighted by Gasteiger charge is -2.34. The number of amides is 4. The number of rotatable bonds is 18. The summed E-state index contributed by atoms with van der Waals surface area (Å²) in [7, 11) is 0. The highest BCUT2D eigenvalue weighted by Crippen LogP contribution is 2.19. The Balaban J connectivity index is 1.76. The van der Waals surface area contributed by atoms with Crippen LogP contribution in [0.25, 0.3) is 0 Å². The summed E-state index contributed by atoms with van der Waals surface area (Å²) in [5.41, 5.74) is 13.6. The number of nitrogens with zero attached hydrogens (tertiary/aromatic N) is 1. The van der Waals surface area contributed by atoms with Gasteiger partial charge in [-0.3, -0.25) is 24.0 Å². The van der Waals surface area contributed by atoms with Crippen LogP contribution in [0.15, 0.2) is 60.7 Å². The molecule has 0 unspecified atom stereocenters. The zero-order valence-corrected chi connectivity index (χ0v) is 28.1. The van der Waals surface area contributed by atoms with Crippen molar-refractivity contribution >= 4 is 29.6 Å². The maximum absolute atomic E-state index is 13.8. The number of piperidine rings is 1. The fraction of sp³-hybridized carbons (Fsp3) is 0.528. The fourth-order valence-electron chi connectivity index (χ4n) is 5.86. The number of hydrogen-bond donors (Lipinski definition) is 6. The summed E-state index contributed by atoms with van der Waals surface area (Å²) < 4.78 is 0. The van der Waals surface area contributed by atoms with E-state index in [2.05, 4.69) is 16.0 Å². The van der Waals surface area contributed by atoms with Gasteiger partial charge in [0.15, 0.2) is 0 Å². The smallest absolute Gasteiger partial charge is 0.306 e. The van der Waals surface area contributed by atoms with Gasteiger partial charge < -0.3 is 37.4 Å². The second-order valence-corrected chi connectivity index (χ2v) is 13.0. The van der Waals surface area contributed by atoms with Crippen molar-refractivity contribution in [2.75, 3.05) is 19.6 Å². The van der Waals surface area contributed by atoms with Gasteiger partial charge in [-0.05, 0) is 68.5 Å². The normalized spacial score (nSPS) is 16.0. The Kier molecular flexibility index (Phi) is 15.5. The summed E-state index contributed by atoms with van der Waals surface area (Å²) in [5.74, 6) is -3.17. The lowest BCUT2D eigenvalue weighted by Crippen LogP contribution is -2.59. The van der Waals surface area contributed by atoms with E-state index in [1.165, 1.54) is 0 Å². The molecular formula is C36H52N6O6. The van der Waals surface area contributed by atoms with Gasteiger partial charge >= 0.3 is 5.97 Å². The molecule has 3 rings (SSSR count). The number of aliphatic carboxylic acids is 1. The molecule has 0 aromatic heterocycles. The van der Waals surface area contributed by atoms with Gasteiger partial charge in [-0.2, -0.15) is 0 Å². The van der Waals surface area contributed by atoms with Crippen molar-refractivity contribution in [1.29, 1.82) is 0 Å². The predicted molar refractivity (Wildman–Crippen MR) is 183 cm³/mol. The minimum Gasteiger partial charge on any atom is -0.481 e. The van der Waals surface area contributed by atoms with Crippen LogP contribution in [0.5, 0.6) is 0 Å². The molecule has 4 amide bonds. The molecule has 2 aromatic carbocycles. The number of hydrogen-bond acceptors (Lipinski definition) is 7. The van der Waals surface area contributed by atoms with Crippen LogP contribution in [0.3, 0.4) is 0 Å². The van der Waals surface area contributed by atoms with E-state index in [-0.39, 0.29) is 24.7 Å². The molecule has 12 nitrogen and oxygen atoms in total. The lowest BCUT2D eigenvalue weighted by molar-refractivity contribution is -0.146. The van der Waals surface area contributed by atoms with E-state index >= 15 is 0 Å². The Morgan fingerprint density at radius 1 is 0.771 bits per heavy atom. The van der Waals surface area contributed by atoms with Crippen molar-refractivity contribution in [2.24, 2.45) is 23.3 Å². The van der Waals surface area contributed by atoms with Crippen molar-refractivity contribution in [1.82, 2.24) is 20.9 Å². The zero-order chi connectivity index (χ0) is 35.1. The van der Waals surface area contributed by atoms with Gasteiger partial charge in [-0.25, -0.2) is 0 Å². The molecule has 1 heterocycles. The van der Waals surface area contributed by atoms with E-state index in [1.807, 2.05) is 74.5 Å². The van der Waals surface area contributed by atoms with E-state index < -0.39 is 53.8 Å². The summed E-state index contributed by atoms with van der Waals surface area (Å²) in [6.45, 7) is 4.87. The number of carboxylic acid groups (broad SMARTS) is 1. The molecule has 262 valence electrons. The molecule has 48 heavy (non-hydrogen) atoms. The van der Waals surface area contributed by atoms with Crippen molar-refractivity contribution < 1.29 is 29.1 Å². The Hall–Kier alpha value is -4.29. The zero-order valence-electron chi connectivity index (χ0n) is 28.1. The third-order valence-corrected chi connectivity index (χ3v) is 8.61. The van der Waals surface area contributed by atoms with E-state index in [0.29, 0.717) is 58.2 Å². The molecule has 1 fully saturated rings. The van der Waals surface area contributed by atoms with Crippen molar-refractivity contribution in [3.63, 3.8) is 0 Å². The SMILES string of the molecule is CC(C)C[C@@H](NC(=O)[C@@H](Cc1ccccc1)NC(=O)[C@H](N)Cc1ccccc1)C(=O)N[C@H](CCCCN)C(=O)N1CCC(C(=O)O)CC1. The van der Waals surface area contributed by atoms with Gasteiger partial charge in [0.1, 0.15) is 18.1 Å². The molecular weight excluding hydrogens is 612 g/mol. The minimum absolute atomic E-state index is 0.0175. The van der Waals surface area contributed by atoms with E-state index in [0.717, 1.165) is 11.1 Å². The van der Waals surface area contributed by atoms with Crippen LogP contribution < -0.4 is 27.4 Å². The third kappa shape index (κ3) is 12.4. The quantitative estimate of drug-likeness (QED) is 0.130. The van der Waals surface area contributed by atoms with E-state index in [9.17, 15) is 29.1 Å². The van der Waals surface area contributed by atoms with Crippen molar-refractivity contribution in [3.8, 4) is 0 Å². The van der Waals surface area contributed by atoms with Gasteiger partial charge in [0.2, 0.25) is 23.6 Å². The average Bonchev–Trinajstić information content (AvgIpc) is 3.07. The van der Waals surface area contributed by atoms with Gasteiger partial charge in [0.25, 0.3) is 0 Å². The molecule has 2 aromatic rings. The number of nitrogens with one attached hydrogen (secondary N) is 3. The maximum atomic E-state index is 13.8. The molecule has 0 spiro atoms. The van der Waals surface area contributed by atoms with Gasteiger partial charge in [-0.15, -0.1) is 0 Å². The van der Waals surface area contributed by atoms with Crippen molar-refractivity contribution in [3.05, 3.63) is 71.8 Å².